The molecule has 1 saturated heterocycles. The van der Waals surface area contributed by atoms with Gasteiger partial charge in [-0.3, -0.25) is 0 Å². The number of nitrogens with one attached hydrogen (secondary N) is 1. The van der Waals surface area contributed by atoms with E-state index in [4.69, 9.17) is 14.2 Å². The first kappa shape index (κ1) is 23.0. The number of amides is 2. The van der Waals surface area contributed by atoms with Crippen LogP contribution in [0.4, 0.5) is 9.59 Å². The summed E-state index contributed by atoms with van der Waals surface area (Å²) in [4.78, 5) is 26.3. The third-order valence-electron chi connectivity index (χ3n) is 6.24. The van der Waals surface area contributed by atoms with Gasteiger partial charge in [-0.25, -0.2) is 9.59 Å². The Morgan fingerprint density at radius 3 is 2.15 bits per heavy atom. The third-order valence-corrected chi connectivity index (χ3v) is 6.24. The minimum atomic E-state index is -0.396. The summed E-state index contributed by atoms with van der Waals surface area (Å²) in [6, 6.07) is 16.4. The standard InChI is InChI=1S/C26H32N2O5/c29-25(27-19-20-7-3-1-4-8-20)32-24-15-17-28(18-16-24)26(30)33-23-13-11-22(12-14-23)31-21-9-5-2-6-10-21/h2,5-6,9-14,20,24H,1,3-4,7-8,15-19H2,(H,27,29). The summed E-state index contributed by atoms with van der Waals surface area (Å²) in [5, 5.41) is 2.91. The van der Waals surface area contributed by atoms with E-state index in [1.165, 1.54) is 32.1 Å². The van der Waals surface area contributed by atoms with Crippen molar-refractivity contribution in [2.75, 3.05) is 19.6 Å². The number of alkyl carbamates (subject to hydrolysis) is 1. The van der Waals surface area contributed by atoms with Crippen LogP contribution in [-0.2, 0) is 4.74 Å². The average Bonchev–Trinajstić information content (AvgIpc) is 2.86. The molecule has 1 aliphatic heterocycles. The number of nitrogens with zero attached hydrogens (tertiary/aromatic N) is 1. The lowest BCUT2D eigenvalue weighted by Crippen LogP contribution is -2.43. The lowest BCUT2D eigenvalue weighted by molar-refractivity contribution is 0.0516. The number of carbonyl (C=O) groups is 2. The lowest BCUT2D eigenvalue weighted by Gasteiger charge is -2.31. The van der Waals surface area contributed by atoms with E-state index in [1.807, 2.05) is 30.3 Å². The van der Waals surface area contributed by atoms with Gasteiger partial charge in [0.05, 0.1) is 0 Å². The van der Waals surface area contributed by atoms with Crippen LogP contribution in [0.2, 0.25) is 0 Å². The molecule has 176 valence electrons. The first-order chi connectivity index (χ1) is 16.2. The quantitative estimate of drug-likeness (QED) is 0.604. The van der Waals surface area contributed by atoms with E-state index in [0.29, 0.717) is 49.9 Å². The van der Waals surface area contributed by atoms with E-state index in [9.17, 15) is 9.59 Å². The van der Waals surface area contributed by atoms with Crippen molar-refractivity contribution in [2.24, 2.45) is 5.92 Å². The van der Waals surface area contributed by atoms with Crippen molar-refractivity contribution < 1.29 is 23.8 Å². The SMILES string of the molecule is O=C(NCC1CCCCC1)OC1CCN(C(=O)Oc2ccc(Oc3ccccc3)cc2)CC1. The van der Waals surface area contributed by atoms with Crippen LogP contribution < -0.4 is 14.8 Å². The number of carbonyl (C=O) groups excluding carboxylic acids is 2. The van der Waals surface area contributed by atoms with Crippen LogP contribution >= 0.6 is 0 Å². The predicted molar refractivity (Wildman–Crippen MR) is 125 cm³/mol. The van der Waals surface area contributed by atoms with Gasteiger partial charge in [0.25, 0.3) is 0 Å². The van der Waals surface area contributed by atoms with Gasteiger partial charge < -0.3 is 24.4 Å². The van der Waals surface area contributed by atoms with E-state index in [2.05, 4.69) is 5.32 Å². The van der Waals surface area contributed by atoms with Gasteiger partial charge >= 0.3 is 12.2 Å². The molecule has 1 saturated carbocycles. The molecule has 0 spiro atoms. The average molecular weight is 453 g/mol. The fraction of sp³-hybridized carbons (Fsp3) is 0.462. The molecule has 0 atom stereocenters. The highest BCUT2D eigenvalue weighted by Crippen LogP contribution is 2.25. The molecule has 2 aromatic carbocycles. The second kappa shape index (κ2) is 11.6. The van der Waals surface area contributed by atoms with Gasteiger partial charge in [0, 0.05) is 32.5 Å². The van der Waals surface area contributed by atoms with E-state index in [0.717, 1.165) is 5.75 Å². The molecule has 2 aromatic rings. The van der Waals surface area contributed by atoms with Gasteiger partial charge in [-0.05, 0) is 55.2 Å². The number of rotatable bonds is 6. The fourth-order valence-corrected chi connectivity index (χ4v) is 4.33. The summed E-state index contributed by atoms with van der Waals surface area (Å²) < 4.78 is 16.8. The van der Waals surface area contributed by atoms with Crippen molar-refractivity contribution in [3.8, 4) is 17.2 Å². The molecule has 1 N–H and O–H groups in total. The molecule has 2 fully saturated rings. The molecular weight excluding hydrogens is 420 g/mol. The summed E-state index contributed by atoms with van der Waals surface area (Å²) in [5.74, 6) is 2.44. The molecule has 0 radical (unpaired) electrons. The molecule has 7 nitrogen and oxygen atoms in total. The first-order valence-electron chi connectivity index (χ1n) is 11.9. The van der Waals surface area contributed by atoms with Gasteiger partial charge in [0.1, 0.15) is 23.4 Å². The van der Waals surface area contributed by atoms with Gasteiger partial charge in [-0.15, -0.1) is 0 Å². The molecule has 2 aliphatic rings. The molecule has 0 aromatic heterocycles. The summed E-state index contributed by atoms with van der Waals surface area (Å²) in [6.45, 7) is 1.68. The molecule has 1 heterocycles. The number of piperidine rings is 1. The number of benzene rings is 2. The molecular formula is C26H32N2O5. The van der Waals surface area contributed by atoms with Gasteiger partial charge in [-0.1, -0.05) is 37.5 Å². The van der Waals surface area contributed by atoms with Crippen LogP contribution in [0.15, 0.2) is 54.6 Å². The predicted octanol–water partition coefficient (Wildman–Crippen LogP) is 5.75. The Balaban J connectivity index is 1.16. The summed E-state index contributed by atoms with van der Waals surface area (Å²) >= 11 is 0. The lowest BCUT2D eigenvalue weighted by atomic mass is 9.89. The second-order valence-electron chi connectivity index (χ2n) is 8.73. The van der Waals surface area contributed by atoms with Crippen LogP contribution in [0.1, 0.15) is 44.9 Å². The van der Waals surface area contributed by atoms with E-state index in [1.54, 1.807) is 29.2 Å². The molecule has 0 bridgehead atoms. The van der Waals surface area contributed by atoms with Crippen molar-refractivity contribution >= 4 is 12.2 Å². The highest BCUT2D eigenvalue weighted by atomic mass is 16.6. The molecule has 0 unspecified atom stereocenters. The Bertz CT molecular complexity index is 889. The van der Waals surface area contributed by atoms with Gasteiger partial charge in [0.15, 0.2) is 0 Å². The molecule has 2 amide bonds. The monoisotopic (exact) mass is 452 g/mol. The zero-order chi connectivity index (χ0) is 22.9. The summed E-state index contributed by atoms with van der Waals surface area (Å²) in [7, 11) is 0. The number of hydrogen-bond acceptors (Lipinski definition) is 5. The Morgan fingerprint density at radius 2 is 1.45 bits per heavy atom. The second-order valence-corrected chi connectivity index (χ2v) is 8.73. The van der Waals surface area contributed by atoms with Gasteiger partial charge in [-0.2, -0.15) is 0 Å². The molecule has 33 heavy (non-hydrogen) atoms. The Labute approximate surface area is 195 Å². The number of likely N-dealkylation sites (tertiary alicyclic amines) is 1. The van der Waals surface area contributed by atoms with Crippen LogP contribution in [0.25, 0.3) is 0 Å². The van der Waals surface area contributed by atoms with Crippen LogP contribution in [-0.4, -0.2) is 42.8 Å². The molecule has 7 heteroatoms. The van der Waals surface area contributed by atoms with Crippen molar-refractivity contribution in [1.29, 1.82) is 0 Å². The minimum absolute atomic E-state index is 0.171. The topological polar surface area (TPSA) is 77.1 Å². The van der Waals surface area contributed by atoms with Crippen molar-refractivity contribution in [3.63, 3.8) is 0 Å². The van der Waals surface area contributed by atoms with Crippen LogP contribution in [0.5, 0.6) is 17.2 Å². The maximum atomic E-state index is 12.5. The van der Waals surface area contributed by atoms with Gasteiger partial charge in [0.2, 0.25) is 0 Å². The largest absolute Gasteiger partial charge is 0.457 e. The minimum Gasteiger partial charge on any atom is -0.457 e. The maximum Gasteiger partial charge on any atom is 0.415 e. The zero-order valence-electron chi connectivity index (χ0n) is 18.9. The van der Waals surface area contributed by atoms with Crippen molar-refractivity contribution in [1.82, 2.24) is 10.2 Å². The Hall–Kier alpha value is -3.22. The first-order valence-corrected chi connectivity index (χ1v) is 11.9. The molecule has 1 aliphatic carbocycles. The Kier molecular flexibility index (Phi) is 8.06. The smallest absolute Gasteiger partial charge is 0.415 e. The van der Waals surface area contributed by atoms with Crippen LogP contribution in [0.3, 0.4) is 0 Å². The highest BCUT2D eigenvalue weighted by Gasteiger charge is 2.26. The number of ether oxygens (including phenoxy) is 3. The molecule has 4 rings (SSSR count). The number of para-hydroxylation sites is 1. The van der Waals surface area contributed by atoms with Crippen LogP contribution in [0, 0.1) is 5.92 Å². The zero-order valence-corrected chi connectivity index (χ0v) is 18.9. The Morgan fingerprint density at radius 1 is 0.818 bits per heavy atom. The summed E-state index contributed by atoms with van der Waals surface area (Å²) in [5.41, 5.74) is 0. The fourth-order valence-electron chi connectivity index (χ4n) is 4.33. The van der Waals surface area contributed by atoms with E-state index >= 15 is 0 Å². The van der Waals surface area contributed by atoms with Crippen molar-refractivity contribution in [3.05, 3.63) is 54.6 Å². The highest BCUT2D eigenvalue weighted by molar-refractivity contribution is 5.71. The van der Waals surface area contributed by atoms with Crippen molar-refractivity contribution in [2.45, 2.75) is 51.0 Å². The number of hydrogen-bond donors (Lipinski definition) is 1. The summed E-state index contributed by atoms with van der Waals surface area (Å²) in [6.07, 6.45) is 6.47. The van der Waals surface area contributed by atoms with E-state index in [-0.39, 0.29) is 12.2 Å². The normalized spacial score (nSPS) is 17.3. The van der Waals surface area contributed by atoms with E-state index < -0.39 is 6.09 Å². The maximum absolute atomic E-state index is 12.5. The third kappa shape index (κ3) is 7.14.